The van der Waals surface area contributed by atoms with Gasteiger partial charge < -0.3 is 5.32 Å². The van der Waals surface area contributed by atoms with E-state index in [9.17, 15) is 0 Å². The smallest absolute Gasteiger partial charge is 0.183 e. The zero-order valence-corrected chi connectivity index (χ0v) is 10.7. The summed E-state index contributed by atoms with van der Waals surface area (Å²) in [4.78, 5) is 4.14. The van der Waals surface area contributed by atoms with Crippen molar-refractivity contribution in [2.24, 2.45) is 0 Å². The molecule has 0 bridgehead atoms. The normalized spacial score (nSPS) is 14.5. The Morgan fingerprint density at radius 1 is 1.29 bits per heavy atom. The van der Waals surface area contributed by atoms with Crippen LogP contribution in [0.25, 0.3) is 0 Å². The molecular formula is C12H16N4S. The highest BCUT2D eigenvalue weighted by atomic mass is 32.2. The van der Waals surface area contributed by atoms with Crippen molar-refractivity contribution >= 4 is 11.8 Å². The second-order valence-electron chi connectivity index (χ2n) is 3.79. The molecule has 2 aromatic rings. The molecule has 0 fully saturated rings. The fourth-order valence-corrected chi connectivity index (χ4v) is 2.82. The van der Waals surface area contributed by atoms with E-state index in [4.69, 9.17) is 0 Å². The highest BCUT2D eigenvalue weighted by molar-refractivity contribution is 7.99. The van der Waals surface area contributed by atoms with Crippen molar-refractivity contribution in [3.63, 3.8) is 0 Å². The van der Waals surface area contributed by atoms with Gasteiger partial charge in [-0.3, -0.25) is 5.10 Å². The molecule has 90 valence electrons. The van der Waals surface area contributed by atoms with Gasteiger partial charge >= 0.3 is 0 Å². The van der Waals surface area contributed by atoms with Crippen LogP contribution in [-0.2, 0) is 0 Å². The first-order valence-corrected chi connectivity index (χ1v) is 6.43. The van der Waals surface area contributed by atoms with Crippen molar-refractivity contribution in [2.45, 2.75) is 23.4 Å². The monoisotopic (exact) mass is 248 g/mol. The van der Waals surface area contributed by atoms with E-state index in [1.165, 1.54) is 11.9 Å². The Morgan fingerprint density at radius 3 is 2.65 bits per heavy atom. The van der Waals surface area contributed by atoms with Crippen LogP contribution in [0.1, 0.15) is 18.5 Å². The van der Waals surface area contributed by atoms with Crippen LogP contribution in [0.4, 0.5) is 0 Å². The van der Waals surface area contributed by atoms with Crippen molar-refractivity contribution in [3.05, 3.63) is 42.2 Å². The molecule has 0 aliphatic heterocycles. The van der Waals surface area contributed by atoms with Crippen LogP contribution in [0.3, 0.4) is 0 Å². The lowest BCUT2D eigenvalue weighted by Gasteiger charge is -2.22. The zero-order valence-electron chi connectivity index (χ0n) is 9.92. The summed E-state index contributed by atoms with van der Waals surface area (Å²) in [7, 11) is 1.98. The Bertz CT molecular complexity index is 429. The standard InChI is InChI=1S/C12H16N4S/c1-9(17-12-14-8-15-16-12)11(13-2)10-6-4-3-5-7-10/h3-9,11,13H,1-2H3,(H,14,15,16). The van der Waals surface area contributed by atoms with E-state index in [0.717, 1.165) is 5.16 Å². The minimum Gasteiger partial charge on any atom is -0.312 e. The number of nitrogens with one attached hydrogen (secondary N) is 2. The van der Waals surface area contributed by atoms with Gasteiger partial charge in [0.15, 0.2) is 5.16 Å². The van der Waals surface area contributed by atoms with E-state index in [-0.39, 0.29) is 0 Å². The molecular weight excluding hydrogens is 232 g/mol. The summed E-state index contributed by atoms with van der Waals surface area (Å²) in [5, 5.41) is 11.3. The Labute approximate surface area is 105 Å². The van der Waals surface area contributed by atoms with Gasteiger partial charge in [0.25, 0.3) is 0 Å². The Hall–Kier alpha value is -1.33. The quantitative estimate of drug-likeness (QED) is 0.797. The molecule has 0 saturated carbocycles. The van der Waals surface area contributed by atoms with Crippen LogP contribution in [0.5, 0.6) is 0 Å². The van der Waals surface area contributed by atoms with Crippen LogP contribution < -0.4 is 5.32 Å². The summed E-state index contributed by atoms with van der Waals surface area (Å²) in [6.45, 7) is 2.18. The fraction of sp³-hybridized carbons (Fsp3) is 0.333. The molecule has 0 saturated heterocycles. The summed E-state index contributed by atoms with van der Waals surface area (Å²) in [5.74, 6) is 0. The maximum atomic E-state index is 4.14. The van der Waals surface area contributed by atoms with E-state index in [0.29, 0.717) is 11.3 Å². The van der Waals surface area contributed by atoms with Crippen LogP contribution >= 0.6 is 11.8 Å². The fourth-order valence-electron chi connectivity index (χ4n) is 1.83. The highest BCUT2D eigenvalue weighted by Crippen LogP contribution is 2.29. The minimum absolute atomic E-state index is 0.297. The molecule has 0 radical (unpaired) electrons. The topological polar surface area (TPSA) is 53.6 Å². The van der Waals surface area contributed by atoms with Gasteiger partial charge in [-0.1, -0.05) is 49.0 Å². The molecule has 1 heterocycles. The van der Waals surface area contributed by atoms with Gasteiger partial charge in [-0.2, -0.15) is 5.10 Å². The number of H-pyrrole nitrogens is 1. The molecule has 2 unspecified atom stereocenters. The second kappa shape index (κ2) is 5.84. The molecule has 0 aliphatic carbocycles. The zero-order chi connectivity index (χ0) is 12.1. The third-order valence-corrected chi connectivity index (χ3v) is 3.69. The molecule has 1 aromatic carbocycles. The van der Waals surface area contributed by atoms with Crippen molar-refractivity contribution in [1.82, 2.24) is 20.5 Å². The number of aromatic nitrogens is 3. The third kappa shape index (κ3) is 3.08. The molecule has 0 aliphatic rings. The predicted octanol–water partition coefficient (Wildman–Crippen LogP) is 2.25. The largest absolute Gasteiger partial charge is 0.312 e. The molecule has 2 N–H and O–H groups in total. The van der Waals surface area contributed by atoms with Crippen molar-refractivity contribution in [3.8, 4) is 0 Å². The molecule has 4 nitrogen and oxygen atoms in total. The lowest BCUT2D eigenvalue weighted by molar-refractivity contribution is 0.588. The maximum absolute atomic E-state index is 4.14. The van der Waals surface area contributed by atoms with Crippen LogP contribution in [-0.4, -0.2) is 27.5 Å². The van der Waals surface area contributed by atoms with Gasteiger partial charge in [0, 0.05) is 11.3 Å². The van der Waals surface area contributed by atoms with E-state index in [2.05, 4.69) is 51.7 Å². The van der Waals surface area contributed by atoms with Gasteiger partial charge in [0.05, 0.1) is 0 Å². The summed E-state index contributed by atoms with van der Waals surface area (Å²) < 4.78 is 0. The number of benzene rings is 1. The summed E-state index contributed by atoms with van der Waals surface area (Å²) >= 11 is 1.69. The highest BCUT2D eigenvalue weighted by Gasteiger charge is 2.19. The number of thioether (sulfide) groups is 1. The Kier molecular flexibility index (Phi) is 4.17. The average Bonchev–Trinajstić information content (AvgIpc) is 2.84. The van der Waals surface area contributed by atoms with Crippen molar-refractivity contribution in [1.29, 1.82) is 0 Å². The van der Waals surface area contributed by atoms with E-state index < -0.39 is 0 Å². The first kappa shape index (κ1) is 12.1. The van der Waals surface area contributed by atoms with Gasteiger partial charge in [-0.15, -0.1) is 0 Å². The summed E-state index contributed by atoms with van der Waals surface area (Å²) in [6.07, 6.45) is 1.53. The number of aromatic amines is 1. The van der Waals surface area contributed by atoms with Crippen LogP contribution in [0, 0.1) is 0 Å². The first-order chi connectivity index (χ1) is 8.31. The summed E-state index contributed by atoms with van der Waals surface area (Å²) in [6, 6.07) is 10.7. The van der Waals surface area contributed by atoms with Crippen LogP contribution in [0.15, 0.2) is 41.8 Å². The maximum Gasteiger partial charge on any atom is 0.183 e. The lowest BCUT2D eigenvalue weighted by atomic mass is 10.0. The van der Waals surface area contributed by atoms with Crippen molar-refractivity contribution in [2.75, 3.05) is 7.05 Å². The third-order valence-electron chi connectivity index (χ3n) is 2.63. The molecule has 5 heteroatoms. The van der Waals surface area contributed by atoms with Gasteiger partial charge in [-0.25, -0.2) is 4.98 Å². The molecule has 0 spiro atoms. The molecule has 17 heavy (non-hydrogen) atoms. The Morgan fingerprint density at radius 2 is 2.06 bits per heavy atom. The van der Waals surface area contributed by atoms with Gasteiger partial charge in [0.2, 0.25) is 0 Å². The molecule has 0 amide bonds. The lowest BCUT2D eigenvalue weighted by Crippen LogP contribution is -2.25. The number of hydrogen-bond donors (Lipinski definition) is 2. The van der Waals surface area contributed by atoms with Gasteiger partial charge in [0.1, 0.15) is 6.33 Å². The van der Waals surface area contributed by atoms with Crippen molar-refractivity contribution < 1.29 is 0 Å². The SMILES string of the molecule is CNC(c1ccccc1)C(C)Sc1ncn[nH]1. The van der Waals surface area contributed by atoms with E-state index >= 15 is 0 Å². The average molecular weight is 248 g/mol. The van der Waals surface area contributed by atoms with E-state index in [1.807, 2.05) is 13.1 Å². The first-order valence-electron chi connectivity index (χ1n) is 5.55. The number of hydrogen-bond acceptors (Lipinski definition) is 4. The summed E-state index contributed by atoms with van der Waals surface area (Å²) in [5.41, 5.74) is 1.29. The van der Waals surface area contributed by atoms with E-state index in [1.54, 1.807) is 11.8 Å². The van der Waals surface area contributed by atoms with Gasteiger partial charge in [-0.05, 0) is 12.6 Å². The minimum atomic E-state index is 0.297. The molecule has 1 aromatic heterocycles. The van der Waals surface area contributed by atoms with Crippen LogP contribution in [0.2, 0.25) is 0 Å². The molecule has 2 atom stereocenters. The number of rotatable bonds is 5. The molecule has 2 rings (SSSR count). The second-order valence-corrected chi connectivity index (χ2v) is 5.16. The Balaban J connectivity index is 2.08. The number of nitrogens with zero attached hydrogens (tertiary/aromatic N) is 2. The predicted molar refractivity (Wildman–Crippen MR) is 69.9 cm³/mol.